The van der Waals surface area contributed by atoms with Crippen LogP contribution in [0.3, 0.4) is 0 Å². The quantitative estimate of drug-likeness (QED) is 0.412. The molecule has 1 N–H and O–H groups in total. The van der Waals surface area contributed by atoms with Gasteiger partial charge in [-0.3, -0.25) is 4.79 Å². The van der Waals surface area contributed by atoms with Crippen LogP contribution in [0.5, 0.6) is 0 Å². The molecule has 4 rings (SSSR count). The summed E-state index contributed by atoms with van der Waals surface area (Å²) in [5.41, 5.74) is 3.63. The molecule has 0 fully saturated rings. The number of nitrogens with zero attached hydrogens (tertiary/aromatic N) is 1. The molecule has 27 heavy (non-hydrogen) atoms. The first-order valence-corrected chi connectivity index (χ1v) is 8.37. The molecule has 0 saturated carbocycles. The third-order valence-corrected chi connectivity index (χ3v) is 4.11. The molecule has 5 heteroatoms. The van der Waals surface area contributed by atoms with E-state index < -0.39 is 0 Å². The number of carbonyl (C=O) groups excluding carboxylic acids is 1. The second kappa shape index (κ2) is 7.25. The van der Waals surface area contributed by atoms with E-state index in [1.807, 2.05) is 36.4 Å². The Bertz CT molecular complexity index is 1150. The number of furan rings is 1. The first kappa shape index (κ1) is 16.7. The highest BCUT2D eigenvalue weighted by molar-refractivity contribution is 5.98. The molecule has 4 nitrogen and oxygen atoms in total. The average Bonchev–Trinajstić information content (AvgIpc) is 3.16. The number of amides is 1. The monoisotopic (exact) mass is 358 g/mol. The van der Waals surface area contributed by atoms with E-state index in [1.165, 1.54) is 18.3 Å². The summed E-state index contributed by atoms with van der Waals surface area (Å²) in [7, 11) is 0. The van der Waals surface area contributed by atoms with Gasteiger partial charge in [0.2, 0.25) is 0 Å². The van der Waals surface area contributed by atoms with Gasteiger partial charge in [0, 0.05) is 11.1 Å². The van der Waals surface area contributed by atoms with Crippen molar-refractivity contribution < 1.29 is 13.6 Å². The highest BCUT2D eigenvalue weighted by Crippen LogP contribution is 2.22. The van der Waals surface area contributed by atoms with Gasteiger partial charge in [0.25, 0.3) is 5.91 Å². The number of benzene rings is 3. The van der Waals surface area contributed by atoms with Gasteiger partial charge in [0.15, 0.2) is 0 Å². The highest BCUT2D eigenvalue weighted by atomic mass is 19.1. The number of carbonyl (C=O) groups is 1. The Morgan fingerprint density at radius 2 is 1.78 bits per heavy atom. The van der Waals surface area contributed by atoms with Crippen LogP contribution in [0.25, 0.3) is 22.1 Å². The van der Waals surface area contributed by atoms with Crippen LogP contribution in [0.4, 0.5) is 4.39 Å². The summed E-state index contributed by atoms with van der Waals surface area (Å²) in [4.78, 5) is 12.2. The number of halogens is 1. The SMILES string of the molecule is O=C(N/N=C\c1ccc(-c2cccc(F)c2)o1)c1ccc2ccccc2c1. The molecular weight excluding hydrogens is 343 g/mol. The maximum atomic E-state index is 13.3. The van der Waals surface area contributed by atoms with Gasteiger partial charge in [0.05, 0.1) is 6.21 Å². The number of hydrazone groups is 1. The van der Waals surface area contributed by atoms with E-state index in [-0.39, 0.29) is 11.7 Å². The summed E-state index contributed by atoms with van der Waals surface area (Å²) < 4.78 is 18.9. The van der Waals surface area contributed by atoms with Gasteiger partial charge >= 0.3 is 0 Å². The van der Waals surface area contributed by atoms with E-state index in [0.717, 1.165) is 10.8 Å². The third kappa shape index (κ3) is 3.77. The minimum Gasteiger partial charge on any atom is -0.455 e. The molecule has 0 aliphatic carbocycles. The van der Waals surface area contributed by atoms with E-state index in [0.29, 0.717) is 22.6 Å². The van der Waals surface area contributed by atoms with E-state index in [2.05, 4.69) is 10.5 Å². The summed E-state index contributed by atoms with van der Waals surface area (Å²) in [6.45, 7) is 0. The van der Waals surface area contributed by atoms with E-state index in [1.54, 1.807) is 30.3 Å². The summed E-state index contributed by atoms with van der Waals surface area (Å²) in [5.74, 6) is 0.334. The molecule has 0 unspecified atom stereocenters. The largest absolute Gasteiger partial charge is 0.455 e. The van der Waals surface area contributed by atoms with Gasteiger partial charge < -0.3 is 4.42 Å². The maximum absolute atomic E-state index is 13.3. The molecule has 1 aromatic heterocycles. The minimum absolute atomic E-state index is 0.311. The molecule has 0 radical (unpaired) electrons. The van der Waals surface area contributed by atoms with E-state index >= 15 is 0 Å². The number of hydrogen-bond acceptors (Lipinski definition) is 3. The molecule has 1 heterocycles. The minimum atomic E-state index is -0.332. The Hall–Kier alpha value is -3.73. The van der Waals surface area contributed by atoms with Crippen molar-refractivity contribution in [2.75, 3.05) is 0 Å². The zero-order valence-corrected chi connectivity index (χ0v) is 14.2. The van der Waals surface area contributed by atoms with Crippen LogP contribution in [0, 0.1) is 5.82 Å². The molecule has 4 aromatic rings. The zero-order chi connectivity index (χ0) is 18.6. The molecule has 0 aliphatic heterocycles. The fraction of sp³-hybridized carbons (Fsp3) is 0. The molecule has 0 atom stereocenters. The van der Waals surface area contributed by atoms with Gasteiger partial charge in [-0.15, -0.1) is 0 Å². The van der Waals surface area contributed by atoms with Crippen molar-refractivity contribution in [2.45, 2.75) is 0 Å². The Morgan fingerprint density at radius 3 is 2.63 bits per heavy atom. The van der Waals surface area contributed by atoms with Crippen LogP contribution in [0.2, 0.25) is 0 Å². The second-order valence-electron chi connectivity index (χ2n) is 5.97. The fourth-order valence-corrected chi connectivity index (χ4v) is 2.77. The molecular formula is C22H15FN2O2. The molecule has 0 spiro atoms. The smallest absolute Gasteiger partial charge is 0.271 e. The summed E-state index contributed by atoms with van der Waals surface area (Å²) >= 11 is 0. The van der Waals surface area contributed by atoms with E-state index in [9.17, 15) is 9.18 Å². The topological polar surface area (TPSA) is 54.6 Å². The van der Waals surface area contributed by atoms with Gasteiger partial charge in [0.1, 0.15) is 17.3 Å². The van der Waals surface area contributed by atoms with Gasteiger partial charge in [-0.25, -0.2) is 9.82 Å². The Labute approximate surface area is 154 Å². The molecule has 3 aromatic carbocycles. The molecule has 132 valence electrons. The predicted molar refractivity (Wildman–Crippen MR) is 103 cm³/mol. The standard InChI is InChI=1S/C22H15FN2O2/c23-19-7-3-6-17(13-19)21-11-10-20(27-21)14-24-25-22(26)18-9-8-15-4-1-2-5-16(15)12-18/h1-14H,(H,25,26)/b24-14-. The van der Waals surface area contributed by atoms with Crippen molar-refractivity contribution in [2.24, 2.45) is 5.10 Å². The normalized spacial score (nSPS) is 11.1. The summed E-state index contributed by atoms with van der Waals surface area (Å²) in [5, 5.41) is 5.98. The summed E-state index contributed by atoms with van der Waals surface area (Å²) in [6.07, 6.45) is 1.40. The Balaban J connectivity index is 1.45. The number of rotatable bonds is 4. The lowest BCUT2D eigenvalue weighted by atomic mass is 10.1. The highest BCUT2D eigenvalue weighted by Gasteiger charge is 2.06. The average molecular weight is 358 g/mol. The van der Waals surface area contributed by atoms with Crippen LogP contribution < -0.4 is 5.43 Å². The molecule has 0 aliphatic rings. The Morgan fingerprint density at radius 1 is 0.926 bits per heavy atom. The van der Waals surface area contributed by atoms with Crippen LogP contribution in [-0.2, 0) is 0 Å². The second-order valence-corrected chi connectivity index (χ2v) is 5.97. The van der Waals surface area contributed by atoms with E-state index in [4.69, 9.17) is 4.42 Å². The Kier molecular flexibility index (Phi) is 4.49. The van der Waals surface area contributed by atoms with Gasteiger partial charge in [-0.2, -0.15) is 5.10 Å². The number of hydrogen-bond donors (Lipinski definition) is 1. The zero-order valence-electron chi connectivity index (χ0n) is 14.2. The summed E-state index contributed by atoms with van der Waals surface area (Å²) in [6, 6.07) is 22.8. The van der Waals surface area contributed by atoms with Crippen molar-refractivity contribution in [3.63, 3.8) is 0 Å². The van der Waals surface area contributed by atoms with Gasteiger partial charge in [-0.1, -0.05) is 42.5 Å². The van der Waals surface area contributed by atoms with Crippen molar-refractivity contribution in [1.29, 1.82) is 0 Å². The lowest BCUT2D eigenvalue weighted by Gasteiger charge is -2.02. The van der Waals surface area contributed by atoms with Crippen molar-refractivity contribution in [3.05, 3.63) is 96.0 Å². The lowest BCUT2D eigenvalue weighted by Crippen LogP contribution is -2.17. The third-order valence-electron chi connectivity index (χ3n) is 4.11. The first-order chi connectivity index (χ1) is 13.2. The molecule has 1 amide bonds. The van der Waals surface area contributed by atoms with Crippen molar-refractivity contribution in [3.8, 4) is 11.3 Å². The predicted octanol–water partition coefficient (Wildman–Crippen LogP) is 5.00. The van der Waals surface area contributed by atoms with Crippen LogP contribution in [-0.4, -0.2) is 12.1 Å². The number of fused-ring (bicyclic) bond motifs is 1. The maximum Gasteiger partial charge on any atom is 0.271 e. The molecule has 0 bridgehead atoms. The van der Waals surface area contributed by atoms with Gasteiger partial charge in [-0.05, 0) is 47.2 Å². The number of nitrogens with one attached hydrogen (secondary N) is 1. The van der Waals surface area contributed by atoms with Crippen LogP contribution >= 0.6 is 0 Å². The molecule has 0 saturated heterocycles. The lowest BCUT2D eigenvalue weighted by molar-refractivity contribution is 0.0955. The van der Waals surface area contributed by atoms with Crippen molar-refractivity contribution >= 4 is 22.9 Å². The fourth-order valence-electron chi connectivity index (χ4n) is 2.77. The van der Waals surface area contributed by atoms with Crippen LogP contribution in [0.1, 0.15) is 16.1 Å². The first-order valence-electron chi connectivity index (χ1n) is 8.37. The van der Waals surface area contributed by atoms with Crippen LogP contribution in [0.15, 0.2) is 88.4 Å². The van der Waals surface area contributed by atoms with Crippen molar-refractivity contribution in [1.82, 2.24) is 5.43 Å².